The van der Waals surface area contributed by atoms with Gasteiger partial charge in [-0.1, -0.05) is 0 Å². The van der Waals surface area contributed by atoms with Crippen LogP contribution >= 0.6 is 0 Å². The number of hydroxylamine groups is 1. The number of hydrogen-bond acceptors (Lipinski definition) is 8. The lowest BCUT2D eigenvalue weighted by Gasteiger charge is -2.19. The van der Waals surface area contributed by atoms with Crippen molar-refractivity contribution in [3.8, 4) is 0 Å². The van der Waals surface area contributed by atoms with Crippen molar-refractivity contribution in [2.24, 2.45) is 10.4 Å². The first kappa shape index (κ1) is 17.6. The van der Waals surface area contributed by atoms with Crippen molar-refractivity contribution in [1.82, 2.24) is 0 Å². The summed E-state index contributed by atoms with van der Waals surface area (Å²) in [5.74, 6) is 0. The number of anilines is 2. The predicted molar refractivity (Wildman–Crippen MR) is 88.0 cm³/mol. The zero-order valence-corrected chi connectivity index (χ0v) is 12.9. The van der Waals surface area contributed by atoms with Crippen LogP contribution in [-0.2, 0) is 4.84 Å². The Morgan fingerprint density at radius 1 is 0.958 bits per heavy atom. The van der Waals surface area contributed by atoms with Crippen molar-refractivity contribution < 1.29 is 15.1 Å². The van der Waals surface area contributed by atoms with Crippen molar-refractivity contribution in [1.29, 1.82) is 0 Å². The summed E-state index contributed by atoms with van der Waals surface area (Å²) < 4.78 is 0. The van der Waals surface area contributed by atoms with E-state index in [2.05, 4.69) is 20.5 Å². The minimum atomic E-state index is -0.699. The molecule has 2 aromatic rings. The normalized spacial score (nSPS) is 13.2. The molecular formula is C14H15N5O5. The van der Waals surface area contributed by atoms with Crippen molar-refractivity contribution in [2.75, 3.05) is 19.5 Å². The number of quaternary nitrogens is 2. The Morgan fingerprint density at radius 3 is 2.17 bits per heavy atom. The molecule has 0 saturated heterocycles. The lowest BCUT2D eigenvalue weighted by Crippen LogP contribution is -3.00. The highest BCUT2D eigenvalue weighted by atomic mass is 16.9. The van der Waals surface area contributed by atoms with Crippen LogP contribution in [0.15, 0.2) is 46.8 Å². The van der Waals surface area contributed by atoms with Gasteiger partial charge in [0.25, 0.3) is 0 Å². The van der Waals surface area contributed by atoms with E-state index < -0.39 is 5.23 Å². The second kappa shape index (κ2) is 7.68. The molecule has 0 aliphatic carbocycles. The van der Waals surface area contributed by atoms with Gasteiger partial charge in [-0.15, -0.1) is 9.81 Å². The van der Waals surface area contributed by atoms with Crippen LogP contribution in [0.1, 0.15) is 0 Å². The molecule has 0 amide bonds. The van der Waals surface area contributed by atoms with E-state index in [9.17, 15) is 20.2 Å². The molecule has 2 atom stereocenters. The molecule has 0 spiro atoms. The lowest BCUT2D eigenvalue weighted by molar-refractivity contribution is -0.992. The van der Waals surface area contributed by atoms with Gasteiger partial charge in [-0.05, 0) is 34.6 Å². The molecule has 3 N–H and O–H groups in total. The average molecular weight is 333 g/mol. The van der Waals surface area contributed by atoms with Crippen LogP contribution in [0.5, 0.6) is 0 Å². The molecule has 0 bridgehead atoms. The van der Waals surface area contributed by atoms with Crippen LogP contribution in [0.4, 0.5) is 34.1 Å². The summed E-state index contributed by atoms with van der Waals surface area (Å²) in [6, 6.07) is 8.78. The molecule has 10 heteroatoms. The van der Waals surface area contributed by atoms with Crippen LogP contribution in [0.3, 0.4) is 0 Å². The highest BCUT2D eigenvalue weighted by Gasteiger charge is 2.14. The fourth-order valence-corrected chi connectivity index (χ4v) is 2.12. The Morgan fingerprint density at radius 2 is 1.58 bits per heavy atom. The summed E-state index contributed by atoms with van der Waals surface area (Å²) >= 11 is 0. The maximum atomic E-state index is 11.7. The Balaban J connectivity index is 2.34. The Labute approximate surface area is 136 Å². The number of benzene rings is 2. The van der Waals surface area contributed by atoms with Gasteiger partial charge in [0.1, 0.15) is 0 Å². The average Bonchev–Trinajstić information content (AvgIpc) is 2.60. The number of hydrogen-bond donors (Lipinski definition) is 3. The molecule has 10 nitrogen and oxygen atoms in total. The minimum Gasteiger partial charge on any atom is -0.629 e. The van der Waals surface area contributed by atoms with E-state index in [4.69, 9.17) is 0 Å². The molecule has 0 fully saturated rings. The van der Waals surface area contributed by atoms with Gasteiger partial charge < -0.3 is 20.8 Å². The Hall–Kier alpha value is -2.76. The summed E-state index contributed by atoms with van der Waals surface area (Å²) in [7, 11) is 2.53. The van der Waals surface area contributed by atoms with Gasteiger partial charge in [0.2, 0.25) is 0 Å². The van der Waals surface area contributed by atoms with E-state index >= 15 is 0 Å². The third kappa shape index (κ3) is 3.76. The summed E-state index contributed by atoms with van der Waals surface area (Å²) in [6.07, 6.45) is 0. The SMILES string of the molecule is CO[NH+]([O-])c1cc(Nc2ccc([NH+](C)[O-])c(N=O)c2)ccc1N=O. The Bertz CT molecular complexity index is 752. The van der Waals surface area contributed by atoms with Crippen LogP contribution in [0.25, 0.3) is 0 Å². The highest BCUT2D eigenvalue weighted by Crippen LogP contribution is 2.30. The predicted octanol–water partition coefficient (Wildman–Crippen LogP) is 1.45. The van der Waals surface area contributed by atoms with Crippen molar-refractivity contribution in [2.45, 2.75) is 0 Å². The van der Waals surface area contributed by atoms with Crippen molar-refractivity contribution in [3.05, 3.63) is 56.6 Å². The number of nitrogens with zero attached hydrogens (tertiary/aromatic N) is 2. The summed E-state index contributed by atoms with van der Waals surface area (Å²) in [4.78, 5) is 26.2. The maximum absolute atomic E-state index is 11.7. The summed E-state index contributed by atoms with van der Waals surface area (Å²) in [5, 5.41) is 30.7. The van der Waals surface area contributed by atoms with Gasteiger partial charge in [-0.2, -0.15) is 5.23 Å². The third-order valence-electron chi connectivity index (χ3n) is 3.26. The van der Waals surface area contributed by atoms with E-state index in [0.717, 1.165) is 0 Å². The maximum Gasteiger partial charge on any atom is 0.195 e. The number of rotatable bonds is 7. The zero-order chi connectivity index (χ0) is 17.7. The molecule has 0 radical (unpaired) electrons. The van der Waals surface area contributed by atoms with Gasteiger partial charge in [0.05, 0.1) is 14.2 Å². The van der Waals surface area contributed by atoms with Crippen LogP contribution in [0, 0.1) is 20.2 Å². The Kier molecular flexibility index (Phi) is 5.63. The summed E-state index contributed by atoms with van der Waals surface area (Å²) in [5.41, 5.74) is 1.13. The second-order valence-corrected chi connectivity index (χ2v) is 4.82. The standard InChI is InChI=1S/C14H15N5O5/c1-18(22)13-6-4-9(7-12(13)17-21)15-10-3-5-11(16-20)14(8-10)19(23)24-2/h3-8,15,18-19H,1-2H3. The molecule has 0 heterocycles. The molecule has 0 aliphatic rings. The van der Waals surface area contributed by atoms with Crippen LogP contribution in [-0.4, -0.2) is 14.2 Å². The number of nitroso groups, excluding NO2 is 2. The van der Waals surface area contributed by atoms with Crippen LogP contribution < -0.4 is 15.6 Å². The van der Waals surface area contributed by atoms with Crippen LogP contribution in [0.2, 0.25) is 0 Å². The quantitative estimate of drug-likeness (QED) is 0.518. The molecule has 24 heavy (non-hydrogen) atoms. The van der Waals surface area contributed by atoms with E-state index in [-0.39, 0.29) is 27.8 Å². The second-order valence-electron chi connectivity index (χ2n) is 4.82. The van der Waals surface area contributed by atoms with E-state index in [1.165, 1.54) is 44.5 Å². The van der Waals surface area contributed by atoms with Gasteiger partial charge in [0.15, 0.2) is 22.7 Å². The largest absolute Gasteiger partial charge is 0.629 e. The fraction of sp³-hybridized carbons (Fsp3) is 0.143. The fourth-order valence-electron chi connectivity index (χ4n) is 2.12. The highest BCUT2D eigenvalue weighted by molar-refractivity contribution is 5.72. The van der Waals surface area contributed by atoms with Crippen molar-refractivity contribution in [3.63, 3.8) is 0 Å². The van der Waals surface area contributed by atoms with E-state index in [1.54, 1.807) is 6.07 Å². The van der Waals surface area contributed by atoms with E-state index in [1.807, 2.05) is 0 Å². The number of nitrogens with one attached hydrogen (secondary N) is 3. The molecule has 0 aliphatic heterocycles. The lowest BCUT2D eigenvalue weighted by atomic mass is 10.2. The van der Waals surface area contributed by atoms with Crippen molar-refractivity contribution >= 4 is 34.1 Å². The molecule has 0 saturated carbocycles. The minimum absolute atomic E-state index is 0.00610. The van der Waals surface area contributed by atoms with Gasteiger partial charge in [-0.3, -0.25) is 0 Å². The van der Waals surface area contributed by atoms with Gasteiger partial charge in [-0.25, -0.2) is 4.84 Å². The first-order valence-corrected chi connectivity index (χ1v) is 6.81. The third-order valence-corrected chi connectivity index (χ3v) is 3.26. The molecule has 2 aromatic carbocycles. The zero-order valence-electron chi connectivity index (χ0n) is 12.9. The van der Waals surface area contributed by atoms with E-state index in [0.29, 0.717) is 11.4 Å². The first-order chi connectivity index (χ1) is 11.5. The topological polar surface area (TPSA) is 135 Å². The molecule has 126 valence electrons. The smallest absolute Gasteiger partial charge is 0.195 e. The molecule has 2 rings (SSSR count). The van der Waals surface area contributed by atoms with Gasteiger partial charge >= 0.3 is 0 Å². The van der Waals surface area contributed by atoms with Gasteiger partial charge in [0, 0.05) is 23.5 Å². The molecular weight excluding hydrogens is 318 g/mol. The monoisotopic (exact) mass is 333 g/mol. The summed E-state index contributed by atoms with van der Waals surface area (Å²) in [6.45, 7) is 0. The molecule has 2 unspecified atom stereocenters. The molecule has 0 aromatic heterocycles. The first-order valence-electron chi connectivity index (χ1n) is 6.81.